The molecule has 0 aliphatic carbocycles. The highest BCUT2D eigenvalue weighted by molar-refractivity contribution is 9.11. The minimum Gasteiger partial charge on any atom is -0.456 e. The molecule has 0 saturated heterocycles. The Morgan fingerprint density at radius 2 is 1.83 bits per heavy atom. The summed E-state index contributed by atoms with van der Waals surface area (Å²) < 4.78 is 42.3. The molecule has 8 heteroatoms. The molecule has 3 rings (SSSR count). The van der Waals surface area contributed by atoms with Crippen LogP contribution in [0.15, 0.2) is 51.8 Å². The maximum atomic E-state index is 13.4. The first kappa shape index (κ1) is 16.8. The van der Waals surface area contributed by atoms with Crippen LogP contribution in [0.2, 0.25) is 0 Å². The Hall–Kier alpha value is -2.03. The van der Waals surface area contributed by atoms with E-state index in [-0.39, 0.29) is 4.90 Å². The van der Waals surface area contributed by atoms with Crippen LogP contribution in [0.1, 0.15) is 17.0 Å². The van der Waals surface area contributed by atoms with E-state index in [1.165, 1.54) is 42.5 Å². The van der Waals surface area contributed by atoms with E-state index >= 15 is 0 Å². The van der Waals surface area contributed by atoms with Crippen LogP contribution in [0.5, 0.6) is 5.75 Å². The SMILES string of the molecule is NS(=O)(=O)c1ccc(C2=C(Br)C(C=O)c3cc(F)ccc3O2)cc1. The smallest absolute Gasteiger partial charge is 0.238 e. The highest BCUT2D eigenvalue weighted by Gasteiger charge is 2.29. The number of rotatable bonds is 3. The number of nitrogens with two attached hydrogens (primary N) is 1. The van der Waals surface area contributed by atoms with Crippen LogP contribution in [0, 0.1) is 5.82 Å². The molecule has 0 fully saturated rings. The van der Waals surface area contributed by atoms with Gasteiger partial charge in [-0.05, 0) is 42.5 Å². The summed E-state index contributed by atoms with van der Waals surface area (Å²) in [6.07, 6.45) is 0.684. The average molecular weight is 412 g/mol. The van der Waals surface area contributed by atoms with Crippen LogP contribution >= 0.6 is 15.9 Å². The van der Waals surface area contributed by atoms with Gasteiger partial charge in [-0.2, -0.15) is 0 Å². The lowest BCUT2D eigenvalue weighted by Crippen LogP contribution is -2.14. The molecule has 2 aromatic carbocycles. The molecule has 1 aliphatic rings. The number of carbonyl (C=O) groups excluding carboxylic acids is 1. The first-order chi connectivity index (χ1) is 11.3. The second kappa shape index (κ2) is 6.12. The van der Waals surface area contributed by atoms with Gasteiger partial charge in [-0.3, -0.25) is 0 Å². The van der Waals surface area contributed by atoms with Gasteiger partial charge in [0, 0.05) is 11.1 Å². The first-order valence-corrected chi connectivity index (χ1v) is 9.10. The van der Waals surface area contributed by atoms with E-state index in [1.807, 2.05) is 0 Å². The van der Waals surface area contributed by atoms with E-state index in [1.54, 1.807) is 0 Å². The normalized spacial score (nSPS) is 17.2. The minimum atomic E-state index is -3.80. The van der Waals surface area contributed by atoms with Crippen molar-refractivity contribution in [1.29, 1.82) is 0 Å². The van der Waals surface area contributed by atoms with E-state index in [4.69, 9.17) is 9.88 Å². The molecule has 124 valence electrons. The number of sulfonamides is 1. The Kier molecular flexibility index (Phi) is 4.29. The van der Waals surface area contributed by atoms with E-state index < -0.39 is 21.8 Å². The summed E-state index contributed by atoms with van der Waals surface area (Å²) >= 11 is 3.33. The third kappa shape index (κ3) is 3.00. The molecule has 2 N–H and O–H groups in total. The zero-order chi connectivity index (χ0) is 17.5. The lowest BCUT2D eigenvalue weighted by atomic mass is 9.95. The van der Waals surface area contributed by atoms with Crippen molar-refractivity contribution >= 4 is 38.0 Å². The van der Waals surface area contributed by atoms with Crippen LogP contribution in [0.25, 0.3) is 5.76 Å². The van der Waals surface area contributed by atoms with Crippen LogP contribution in [-0.2, 0) is 14.8 Å². The summed E-state index contributed by atoms with van der Waals surface area (Å²) in [6.45, 7) is 0. The van der Waals surface area contributed by atoms with Crippen molar-refractivity contribution in [3.8, 4) is 5.75 Å². The number of primary sulfonamides is 1. The van der Waals surface area contributed by atoms with Crippen LogP contribution < -0.4 is 9.88 Å². The third-order valence-corrected chi connectivity index (χ3v) is 5.37. The molecule has 0 bridgehead atoms. The summed E-state index contributed by atoms with van der Waals surface area (Å²) in [5, 5.41) is 5.07. The van der Waals surface area contributed by atoms with Gasteiger partial charge < -0.3 is 9.53 Å². The molecule has 0 aromatic heterocycles. The minimum absolute atomic E-state index is 0.0341. The van der Waals surface area contributed by atoms with Crippen LogP contribution in [0.4, 0.5) is 4.39 Å². The number of aldehydes is 1. The number of fused-ring (bicyclic) bond motifs is 1. The fourth-order valence-corrected chi connectivity index (χ4v) is 3.60. The summed E-state index contributed by atoms with van der Waals surface area (Å²) in [7, 11) is -3.80. The van der Waals surface area contributed by atoms with Crippen LogP contribution in [0.3, 0.4) is 0 Å². The molecule has 2 aromatic rings. The summed E-state index contributed by atoms with van der Waals surface area (Å²) in [4.78, 5) is 11.4. The van der Waals surface area contributed by atoms with E-state index in [9.17, 15) is 17.6 Å². The van der Waals surface area contributed by atoms with E-state index in [0.29, 0.717) is 33.4 Å². The quantitative estimate of drug-likeness (QED) is 0.786. The lowest BCUT2D eigenvalue weighted by molar-refractivity contribution is -0.108. The van der Waals surface area contributed by atoms with Gasteiger partial charge in [-0.25, -0.2) is 17.9 Å². The number of halogens is 2. The van der Waals surface area contributed by atoms with Crippen molar-refractivity contribution in [3.05, 3.63) is 63.9 Å². The molecule has 0 radical (unpaired) electrons. The van der Waals surface area contributed by atoms with Gasteiger partial charge in [-0.15, -0.1) is 0 Å². The van der Waals surface area contributed by atoms with Crippen LogP contribution in [-0.4, -0.2) is 14.7 Å². The topological polar surface area (TPSA) is 86.5 Å². The zero-order valence-electron chi connectivity index (χ0n) is 12.1. The Bertz CT molecular complexity index is 955. The second-order valence-electron chi connectivity index (χ2n) is 5.14. The third-order valence-electron chi connectivity index (χ3n) is 3.59. The zero-order valence-corrected chi connectivity index (χ0v) is 14.5. The van der Waals surface area contributed by atoms with E-state index in [2.05, 4.69) is 15.9 Å². The molecular formula is C16H11BrFNO4S. The van der Waals surface area contributed by atoms with Gasteiger partial charge in [0.25, 0.3) is 0 Å². The maximum absolute atomic E-state index is 13.4. The highest BCUT2D eigenvalue weighted by atomic mass is 79.9. The molecule has 1 unspecified atom stereocenters. The standard InChI is InChI=1S/C16H11BrFNO4S/c17-15-13(8-20)12-7-10(18)3-6-14(12)23-16(15)9-1-4-11(5-2-9)24(19,21)22/h1-8,13H,(H2,19,21,22). The average Bonchev–Trinajstić information content (AvgIpc) is 2.54. The Morgan fingerprint density at radius 1 is 1.17 bits per heavy atom. The van der Waals surface area contributed by atoms with Gasteiger partial charge in [0.2, 0.25) is 10.0 Å². The van der Waals surface area contributed by atoms with Gasteiger partial charge in [0.15, 0.2) is 0 Å². The Balaban J connectivity index is 2.08. The molecule has 1 aliphatic heterocycles. The molecule has 24 heavy (non-hydrogen) atoms. The number of hydrogen-bond donors (Lipinski definition) is 1. The lowest BCUT2D eigenvalue weighted by Gasteiger charge is -2.25. The summed E-state index contributed by atoms with van der Waals surface area (Å²) in [5.74, 6) is -0.461. The van der Waals surface area contributed by atoms with Crippen molar-refractivity contribution in [1.82, 2.24) is 0 Å². The van der Waals surface area contributed by atoms with Crippen molar-refractivity contribution in [2.45, 2.75) is 10.8 Å². The van der Waals surface area contributed by atoms with Crippen molar-refractivity contribution < 1.29 is 22.3 Å². The molecule has 0 saturated carbocycles. The number of hydrogen-bond acceptors (Lipinski definition) is 4. The Labute approximate surface area is 146 Å². The molecule has 0 amide bonds. The summed E-state index contributed by atoms with van der Waals surface area (Å²) in [6, 6.07) is 9.66. The predicted octanol–water partition coefficient (Wildman–Crippen LogP) is 2.91. The fraction of sp³-hybridized carbons (Fsp3) is 0.0625. The monoisotopic (exact) mass is 411 g/mol. The van der Waals surface area contributed by atoms with Gasteiger partial charge in [0.05, 0.1) is 15.3 Å². The number of ether oxygens (including phenoxy) is 1. The molecule has 1 atom stereocenters. The number of allylic oxidation sites excluding steroid dienone is 1. The largest absolute Gasteiger partial charge is 0.456 e. The second-order valence-corrected chi connectivity index (χ2v) is 7.56. The number of carbonyl (C=O) groups is 1. The van der Waals surface area contributed by atoms with Gasteiger partial charge >= 0.3 is 0 Å². The van der Waals surface area contributed by atoms with Crippen molar-refractivity contribution in [2.24, 2.45) is 5.14 Å². The maximum Gasteiger partial charge on any atom is 0.238 e. The molecule has 5 nitrogen and oxygen atoms in total. The van der Waals surface area contributed by atoms with Gasteiger partial charge in [-0.1, -0.05) is 15.9 Å². The number of benzene rings is 2. The highest BCUT2D eigenvalue weighted by Crippen LogP contribution is 2.44. The van der Waals surface area contributed by atoms with Gasteiger partial charge in [0.1, 0.15) is 23.6 Å². The molecule has 1 heterocycles. The van der Waals surface area contributed by atoms with Crippen molar-refractivity contribution in [2.75, 3.05) is 0 Å². The first-order valence-electron chi connectivity index (χ1n) is 6.77. The fourth-order valence-electron chi connectivity index (χ4n) is 2.42. The molecular weight excluding hydrogens is 401 g/mol. The summed E-state index contributed by atoms with van der Waals surface area (Å²) in [5.41, 5.74) is 0.970. The predicted molar refractivity (Wildman–Crippen MR) is 89.5 cm³/mol. The molecule has 0 spiro atoms. The Morgan fingerprint density at radius 3 is 2.42 bits per heavy atom. The van der Waals surface area contributed by atoms with Crippen molar-refractivity contribution in [3.63, 3.8) is 0 Å². The van der Waals surface area contributed by atoms with E-state index in [0.717, 1.165) is 0 Å².